The third-order valence-electron chi connectivity index (χ3n) is 3.97. The molecule has 27 heavy (non-hydrogen) atoms. The highest BCUT2D eigenvalue weighted by atomic mass is 16.5. The lowest BCUT2D eigenvalue weighted by atomic mass is 10.1. The van der Waals surface area contributed by atoms with Gasteiger partial charge in [0.1, 0.15) is 0 Å². The molecule has 2 rings (SSSR count). The van der Waals surface area contributed by atoms with Gasteiger partial charge in [-0.15, -0.1) is 0 Å². The predicted molar refractivity (Wildman–Crippen MR) is 105 cm³/mol. The molecule has 2 aromatic rings. The third-order valence-corrected chi connectivity index (χ3v) is 3.97. The summed E-state index contributed by atoms with van der Waals surface area (Å²) in [6.07, 6.45) is 0.381. The van der Waals surface area contributed by atoms with Crippen molar-refractivity contribution < 1.29 is 9.53 Å². The van der Waals surface area contributed by atoms with Crippen LogP contribution in [0.25, 0.3) is 0 Å². The fourth-order valence-electron chi connectivity index (χ4n) is 2.64. The van der Waals surface area contributed by atoms with Crippen LogP contribution in [0.5, 0.6) is 0 Å². The van der Waals surface area contributed by atoms with Gasteiger partial charge in [-0.1, -0.05) is 17.7 Å². The Morgan fingerprint density at radius 2 is 2.07 bits per heavy atom. The third kappa shape index (κ3) is 5.67. The number of rotatable bonds is 6. The lowest BCUT2D eigenvalue weighted by Crippen LogP contribution is -2.24. The van der Waals surface area contributed by atoms with E-state index in [1.165, 1.54) is 0 Å². The van der Waals surface area contributed by atoms with Gasteiger partial charge in [-0.25, -0.2) is 4.98 Å². The molecule has 0 aliphatic rings. The molecule has 4 N–H and O–H groups in total. The van der Waals surface area contributed by atoms with E-state index in [9.17, 15) is 9.59 Å². The average molecular weight is 371 g/mol. The summed E-state index contributed by atoms with van der Waals surface area (Å²) < 4.78 is 4.88. The number of hydrogen-bond acceptors (Lipinski definition) is 5. The van der Waals surface area contributed by atoms with Crippen molar-refractivity contribution in [1.29, 1.82) is 0 Å². The van der Waals surface area contributed by atoms with Crippen LogP contribution in [0, 0.1) is 20.8 Å². The minimum absolute atomic E-state index is 0.104. The first-order chi connectivity index (χ1) is 12.8. The number of hydrogen-bond donors (Lipinski definition) is 3. The molecule has 144 valence electrons. The monoisotopic (exact) mass is 371 g/mol. The van der Waals surface area contributed by atoms with Gasteiger partial charge in [0.15, 0.2) is 0 Å². The second-order valence-electron chi connectivity index (χ2n) is 6.20. The zero-order chi connectivity index (χ0) is 20.0. The van der Waals surface area contributed by atoms with Crippen LogP contribution in [0.2, 0.25) is 0 Å². The van der Waals surface area contributed by atoms with Gasteiger partial charge in [0, 0.05) is 17.7 Å². The molecule has 1 aromatic heterocycles. The largest absolute Gasteiger partial charge is 0.466 e. The summed E-state index contributed by atoms with van der Waals surface area (Å²) in [6.45, 7) is 7.72. The Balaban J connectivity index is 2.15. The number of carbonyl (C=O) groups excluding carboxylic acids is 1. The molecular formula is C19H25N5O3. The molecule has 1 heterocycles. The van der Waals surface area contributed by atoms with Crippen LogP contribution in [-0.2, 0) is 16.0 Å². The Labute approximate surface area is 157 Å². The first-order valence-corrected chi connectivity index (χ1v) is 8.74. The van der Waals surface area contributed by atoms with Crippen molar-refractivity contribution >= 4 is 23.6 Å². The van der Waals surface area contributed by atoms with Gasteiger partial charge >= 0.3 is 5.97 Å². The number of H-pyrrole nitrogens is 1. The molecule has 0 fully saturated rings. The van der Waals surface area contributed by atoms with E-state index in [-0.39, 0.29) is 36.3 Å². The number of guanidine groups is 1. The molecule has 0 radical (unpaired) electrons. The minimum atomic E-state index is -0.347. The summed E-state index contributed by atoms with van der Waals surface area (Å²) in [5, 5.41) is 3.00. The normalized spacial score (nSPS) is 11.3. The van der Waals surface area contributed by atoms with Crippen LogP contribution < -0.4 is 16.6 Å². The van der Waals surface area contributed by atoms with Crippen LogP contribution >= 0.6 is 0 Å². The molecule has 8 heteroatoms. The van der Waals surface area contributed by atoms with Gasteiger partial charge in [0.25, 0.3) is 5.56 Å². The fraction of sp³-hybridized carbons (Fsp3) is 0.368. The fourth-order valence-corrected chi connectivity index (χ4v) is 2.64. The standard InChI is InChI=1S/C19H25N5O3/c1-5-27-16(25)9-7-14-13(4)21-19(23-17(14)26)24-18(20)22-15-8-6-11(2)10-12(15)3/h6,8,10H,5,7,9H2,1-4H3,(H4,20,21,22,23,24,26). The van der Waals surface area contributed by atoms with Crippen molar-refractivity contribution in [2.24, 2.45) is 10.7 Å². The Morgan fingerprint density at radius 3 is 2.70 bits per heavy atom. The number of nitrogens with one attached hydrogen (secondary N) is 2. The number of carbonyl (C=O) groups is 1. The topological polar surface area (TPSA) is 122 Å². The summed E-state index contributed by atoms with van der Waals surface area (Å²) in [5.74, 6) is -0.128. The zero-order valence-corrected chi connectivity index (χ0v) is 16.0. The first kappa shape index (κ1) is 20.2. The highest BCUT2D eigenvalue weighted by Gasteiger charge is 2.11. The smallest absolute Gasteiger partial charge is 0.306 e. The number of nitrogens with zero attached hydrogens (tertiary/aromatic N) is 2. The molecule has 1 aromatic carbocycles. The van der Waals surface area contributed by atoms with Crippen LogP contribution in [0.3, 0.4) is 0 Å². The van der Waals surface area contributed by atoms with Crippen molar-refractivity contribution in [2.45, 2.75) is 40.5 Å². The number of benzene rings is 1. The maximum absolute atomic E-state index is 12.3. The number of aromatic amines is 1. The lowest BCUT2D eigenvalue weighted by Gasteiger charge is -2.10. The number of anilines is 1. The first-order valence-electron chi connectivity index (χ1n) is 8.74. The molecule has 0 aliphatic heterocycles. The van der Waals surface area contributed by atoms with Crippen molar-refractivity contribution in [3.63, 3.8) is 0 Å². The van der Waals surface area contributed by atoms with Gasteiger partial charge in [-0.05, 0) is 45.7 Å². The molecule has 0 unspecified atom stereocenters. The maximum atomic E-state index is 12.3. The molecule has 8 nitrogen and oxygen atoms in total. The second-order valence-corrected chi connectivity index (χ2v) is 6.20. The molecule has 0 atom stereocenters. The molecule has 0 saturated carbocycles. The Hall–Kier alpha value is -3.16. The number of aryl methyl sites for hydroxylation is 3. The van der Waals surface area contributed by atoms with Gasteiger partial charge in [0.2, 0.25) is 11.9 Å². The highest BCUT2D eigenvalue weighted by molar-refractivity contribution is 5.94. The Morgan fingerprint density at radius 1 is 1.33 bits per heavy atom. The van der Waals surface area contributed by atoms with Crippen molar-refractivity contribution in [3.8, 4) is 0 Å². The van der Waals surface area contributed by atoms with E-state index in [1.54, 1.807) is 13.8 Å². The van der Waals surface area contributed by atoms with Crippen LogP contribution in [0.1, 0.15) is 35.7 Å². The van der Waals surface area contributed by atoms with Gasteiger partial charge in [-0.3, -0.25) is 14.6 Å². The van der Waals surface area contributed by atoms with Gasteiger partial charge in [-0.2, -0.15) is 4.99 Å². The van der Waals surface area contributed by atoms with E-state index in [0.717, 1.165) is 16.8 Å². The highest BCUT2D eigenvalue weighted by Crippen LogP contribution is 2.16. The summed E-state index contributed by atoms with van der Waals surface area (Å²) in [6, 6.07) is 5.90. The van der Waals surface area contributed by atoms with Crippen LogP contribution in [-0.4, -0.2) is 28.5 Å². The SMILES string of the molecule is CCOC(=O)CCc1c(C)nc(/N=C(\N)Nc2ccc(C)cc2C)[nH]c1=O. The molecule has 0 amide bonds. The molecular weight excluding hydrogens is 346 g/mol. The number of ether oxygens (including phenoxy) is 1. The van der Waals surface area contributed by atoms with Crippen molar-refractivity contribution in [1.82, 2.24) is 9.97 Å². The molecule has 0 saturated heterocycles. The van der Waals surface area contributed by atoms with E-state index in [1.807, 2.05) is 32.0 Å². The number of nitrogens with two attached hydrogens (primary N) is 1. The zero-order valence-electron chi connectivity index (χ0n) is 16.0. The van der Waals surface area contributed by atoms with Crippen molar-refractivity contribution in [3.05, 3.63) is 50.9 Å². The number of esters is 1. The Bertz CT molecular complexity index is 918. The van der Waals surface area contributed by atoms with Crippen LogP contribution in [0.15, 0.2) is 28.0 Å². The van der Waals surface area contributed by atoms with E-state index < -0.39 is 0 Å². The summed E-state index contributed by atoms with van der Waals surface area (Å²) >= 11 is 0. The average Bonchev–Trinajstić information content (AvgIpc) is 2.57. The summed E-state index contributed by atoms with van der Waals surface area (Å²) in [7, 11) is 0. The van der Waals surface area contributed by atoms with Crippen molar-refractivity contribution in [2.75, 3.05) is 11.9 Å². The minimum Gasteiger partial charge on any atom is -0.466 e. The van der Waals surface area contributed by atoms with Gasteiger partial charge in [0.05, 0.1) is 12.3 Å². The number of aromatic nitrogens is 2. The summed E-state index contributed by atoms with van der Waals surface area (Å²) in [5.41, 5.74) is 9.52. The van der Waals surface area contributed by atoms with E-state index in [2.05, 4.69) is 20.3 Å². The molecule has 0 aliphatic carbocycles. The maximum Gasteiger partial charge on any atom is 0.306 e. The lowest BCUT2D eigenvalue weighted by molar-refractivity contribution is -0.143. The quantitative estimate of drug-likeness (QED) is 0.407. The summed E-state index contributed by atoms with van der Waals surface area (Å²) in [4.78, 5) is 34.7. The predicted octanol–water partition coefficient (Wildman–Crippen LogP) is 2.25. The van der Waals surface area contributed by atoms with E-state index >= 15 is 0 Å². The van der Waals surface area contributed by atoms with E-state index in [0.29, 0.717) is 17.9 Å². The number of aliphatic imine (C=N–C) groups is 1. The Kier molecular flexibility index (Phi) is 6.70. The molecule has 0 spiro atoms. The van der Waals surface area contributed by atoms with Crippen LogP contribution in [0.4, 0.5) is 11.6 Å². The molecule has 0 bridgehead atoms. The van der Waals surface area contributed by atoms with E-state index in [4.69, 9.17) is 10.5 Å². The second kappa shape index (κ2) is 8.98. The van der Waals surface area contributed by atoms with Gasteiger partial charge < -0.3 is 15.8 Å².